The summed E-state index contributed by atoms with van der Waals surface area (Å²) < 4.78 is 5.71. The van der Waals surface area contributed by atoms with E-state index in [1.165, 1.54) is 10.0 Å². The van der Waals surface area contributed by atoms with Gasteiger partial charge in [0.25, 0.3) is 11.8 Å². The quantitative estimate of drug-likeness (QED) is 0.335. The minimum absolute atomic E-state index is 0.00109. The zero-order valence-electron chi connectivity index (χ0n) is 24.2. The Balaban J connectivity index is 1.64. The highest BCUT2D eigenvalue weighted by atomic mass is 16.5. The first-order chi connectivity index (χ1) is 19.8. The van der Waals surface area contributed by atoms with Crippen molar-refractivity contribution in [2.45, 2.75) is 53.4 Å². The van der Waals surface area contributed by atoms with Gasteiger partial charge in [0.2, 0.25) is 0 Å². The number of ether oxygens (including phenoxy) is 1. The molecule has 2 atom stereocenters. The topological polar surface area (TPSA) is 94.8 Å². The summed E-state index contributed by atoms with van der Waals surface area (Å²) in [6, 6.07) is 20.4. The number of amides is 2. The van der Waals surface area contributed by atoms with E-state index in [1.807, 2.05) is 83.1 Å². The van der Waals surface area contributed by atoms with Gasteiger partial charge in [0.15, 0.2) is 11.5 Å². The van der Waals surface area contributed by atoms with Gasteiger partial charge >= 0.3 is 0 Å². The molecule has 0 radical (unpaired) electrons. The van der Waals surface area contributed by atoms with E-state index < -0.39 is 17.8 Å². The fourth-order valence-corrected chi connectivity index (χ4v) is 5.66. The Hall–Kier alpha value is -4.46. The van der Waals surface area contributed by atoms with Crippen LogP contribution in [0.3, 0.4) is 0 Å². The van der Waals surface area contributed by atoms with Crippen molar-refractivity contribution in [3.8, 4) is 11.5 Å². The molecule has 8 heteroatoms. The van der Waals surface area contributed by atoms with Crippen LogP contribution < -0.4 is 14.8 Å². The monoisotopic (exact) mass is 552 g/mol. The van der Waals surface area contributed by atoms with E-state index in [-0.39, 0.29) is 17.6 Å². The molecule has 3 aromatic rings. The number of phenolic OH excluding ortho intramolecular Hbond substituents is 1. The lowest BCUT2D eigenvalue weighted by Crippen LogP contribution is -2.40. The summed E-state index contributed by atoms with van der Waals surface area (Å²) in [5.41, 5.74) is 5.63. The van der Waals surface area contributed by atoms with E-state index in [0.717, 1.165) is 11.1 Å². The van der Waals surface area contributed by atoms with E-state index in [1.54, 1.807) is 18.2 Å². The van der Waals surface area contributed by atoms with E-state index in [9.17, 15) is 14.7 Å². The van der Waals surface area contributed by atoms with Crippen LogP contribution in [0.15, 0.2) is 76.9 Å². The molecule has 2 aliphatic rings. The molecule has 1 N–H and O–H groups in total. The van der Waals surface area contributed by atoms with Crippen LogP contribution in [-0.4, -0.2) is 35.0 Å². The number of hydrazone groups is 2. The SMILES string of the molecule is CCOc1cc(C(C2C(=O)N(c3ccc(C)cc3)N=C2CC)C2C(=O)N(c3ccc(C)cc3)N=C2CC)ccc1O. The highest BCUT2D eigenvalue weighted by Crippen LogP contribution is 2.45. The molecule has 0 aromatic heterocycles. The second kappa shape index (κ2) is 11.6. The fraction of sp³-hybridized carbons (Fsp3) is 0.333. The van der Waals surface area contributed by atoms with Crippen LogP contribution in [0, 0.1) is 25.7 Å². The first-order valence-corrected chi connectivity index (χ1v) is 14.2. The highest BCUT2D eigenvalue weighted by molar-refractivity contribution is 6.20. The maximum Gasteiger partial charge on any atom is 0.256 e. The molecule has 0 saturated carbocycles. The van der Waals surface area contributed by atoms with Crippen molar-refractivity contribution >= 4 is 34.6 Å². The lowest BCUT2D eigenvalue weighted by molar-refractivity contribution is -0.122. The predicted molar refractivity (Wildman–Crippen MR) is 162 cm³/mol. The number of phenols is 1. The van der Waals surface area contributed by atoms with Gasteiger partial charge in [-0.25, -0.2) is 10.0 Å². The summed E-state index contributed by atoms with van der Waals surface area (Å²) >= 11 is 0. The molecule has 0 fully saturated rings. The Kier molecular flexibility index (Phi) is 7.92. The summed E-state index contributed by atoms with van der Waals surface area (Å²) in [6.45, 7) is 10.1. The molecule has 0 spiro atoms. The van der Waals surface area contributed by atoms with Crippen molar-refractivity contribution in [1.82, 2.24) is 0 Å². The molecule has 2 unspecified atom stereocenters. The van der Waals surface area contributed by atoms with Crippen molar-refractivity contribution < 1.29 is 19.4 Å². The zero-order chi connectivity index (χ0) is 29.3. The lowest BCUT2D eigenvalue weighted by Gasteiger charge is -2.30. The minimum atomic E-state index is -0.705. The second-order valence-electron chi connectivity index (χ2n) is 10.5. The van der Waals surface area contributed by atoms with E-state index in [0.29, 0.717) is 53.6 Å². The van der Waals surface area contributed by atoms with Crippen molar-refractivity contribution in [3.63, 3.8) is 0 Å². The third-order valence-corrected chi connectivity index (χ3v) is 7.79. The predicted octanol–water partition coefficient (Wildman–Crippen LogP) is 6.35. The van der Waals surface area contributed by atoms with Gasteiger partial charge in [-0.05, 0) is 75.6 Å². The Labute approximate surface area is 240 Å². The zero-order valence-corrected chi connectivity index (χ0v) is 24.2. The third kappa shape index (κ3) is 5.22. The van der Waals surface area contributed by atoms with Gasteiger partial charge in [0.1, 0.15) is 0 Å². The van der Waals surface area contributed by atoms with Crippen LogP contribution >= 0.6 is 0 Å². The Bertz CT molecular complexity index is 1420. The second-order valence-corrected chi connectivity index (χ2v) is 10.5. The van der Waals surface area contributed by atoms with E-state index in [2.05, 4.69) is 0 Å². The van der Waals surface area contributed by atoms with Gasteiger partial charge in [-0.15, -0.1) is 0 Å². The normalized spacial score (nSPS) is 19.4. The van der Waals surface area contributed by atoms with Gasteiger partial charge in [0, 0.05) is 5.92 Å². The number of rotatable bonds is 9. The molecule has 2 aliphatic heterocycles. The fourth-order valence-electron chi connectivity index (χ4n) is 5.66. The third-order valence-electron chi connectivity index (χ3n) is 7.79. The van der Waals surface area contributed by atoms with Gasteiger partial charge in [0.05, 0.1) is 41.2 Å². The molecule has 3 aromatic carbocycles. The van der Waals surface area contributed by atoms with Crippen LogP contribution in [0.1, 0.15) is 56.2 Å². The van der Waals surface area contributed by atoms with Crippen LogP contribution in [0.4, 0.5) is 11.4 Å². The molecule has 212 valence electrons. The Morgan fingerprint density at radius 1 is 0.756 bits per heavy atom. The molecule has 5 rings (SSSR count). The summed E-state index contributed by atoms with van der Waals surface area (Å²) in [5.74, 6) is -2.11. The van der Waals surface area contributed by atoms with Gasteiger partial charge in [-0.1, -0.05) is 55.3 Å². The van der Waals surface area contributed by atoms with Crippen LogP contribution in [0.5, 0.6) is 11.5 Å². The number of carbonyl (C=O) groups excluding carboxylic acids is 2. The highest BCUT2D eigenvalue weighted by Gasteiger charge is 2.51. The number of benzene rings is 3. The largest absolute Gasteiger partial charge is 0.504 e. The molecule has 2 heterocycles. The smallest absolute Gasteiger partial charge is 0.256 e. The maximum absolute atomic E-state index is 14.3. The van der Waals surface area contributed by atoms with Gasteiger partial charge in [-0.2, -0.15) is 10.2 Å². The summed E-state index contributed by atoms with van der Waals surface area (Å²) in [5, 5.41) is 23.0. The number of anilines is 2. The van der Waals surface area contributed by atoms with Crippen LogP contribution in [0.25, 0.3) is 0 Å². The number of carbonyl (C=O) groups is 2. The lowest BCUT2D eigenvalue weighted by atomic mass is 9.71. The van der Waals surface area contributed by atoms with E-state index >= 15 is 0 Å². The molecule has 2 amide bonds. The van der Waals surface area contributed by atoms with E-state index in [4.69, 9.17) is 14.9 Å². The first kappa shape index (κ1) is 28.1. The number of hydrogen-bond acceptors (Lipinski definition) is 6. The first-order valence-electron chi connectivity index (χ1n) is 14.2. The molecular formula is C33H36N4O4. The van der Waals surface area contributed by atoms with Crippen molar-refractivity contribution in [2.75, 3.05) is 16.6 Å². The molecule has 0 aliphatic carbocycles. The summed E-state index contributed by atoms with van der Waals surface area (Å²) in [7, 11) is 0. The van der Waals surface area contributed by atoms with Crippen molar-refractivity contribution in [2.24, 2.45) is 22.0 Å². The van der Waals surface area contributed by atoms with Crippen molar-refractivity contribution in [3.05, 3.63) is 83.4 Å². The van der Waals surface area contributed by atoms with Crippen LogP contribution in [-0.2, 0) is 9.59 Å². The molecule has 0 saturated heterocycles. The summed E-state index contributed by atoms with van der Waals surface area (Å²) in [4.78, 5) is 28.5. The average Bonchev–Trinajstić information content (AvgIpc) is 3.48. The Morgan fingerprint density at radius 2 is 1.22 bits per heavy atom. The molecule has 8 nitrogen and oxygen atoms in total. The Morgan fingerprint density at radius 3 is 1.63 bits per heavy atom. The number of nitrogens with zero attached hydrogens (tertiary/aromatic N) is 4. The molecule has 41 heavy (non-hydrogen) atoms. The van der Waals surface area contributed by atoms with Crippen molar-refractivity contribution in [1.29, 1.82) is 0 Å². The standard InChI is InChI=1S/C33H36N4O4/c1-6-25-30(32(39)36(34-25)23-14-9-20(4)10-15-23)29(22-13-18-27(38)28(19-22)41-8-3)31-26(7-2)35-37(33(31)40)24-16-11-21(5)12-17-24/h9-19,29-31,38H,6-8H2,1-5H3. The van der Waals surface area contributed by atoms with Gasteiger partial charge < -0.3 is 9.84 Å². The maximum atomic E-state index is 14.3. The molecule has 0 bridgehead atoms. The minimum Gasteiger partial charge on any atom is -0.504 e. The molecular weight excluding hydrogens is 516 g/mol. The number of aromatic hydroxyl groups is 1. The van der Waals surface area contributed by atoms with Gasteiger partial charge in [-0.3, -0.25) is 9.59 Å². The number of hydrogen-bond donors (Lipinski definition) is 1. The number of aryl methyl sites for hydroxylation is 2. The van der Waals surface area contributed by atoms with Crippen LogP contribution in [0.2, 0.25) is 0 Å². The average molecular weight is 553 g/mol. The summed E-state index contributed by atoms with van der Waals surface area (Å²) in [6.07, 6.45) is 1.07.